The van der Waals surface area contributed by atoms with Crippen molar-refractivity contribution in [3.63, 3.8) is 0 Å². The van der Waals surface area contributed by atoms with Gasteiger partial charge in [-0.25, -0.2) is 17.5 Å². The van der Waals surface area contributed by atoms with E-state index in [1.54, 1.807) is 13.0 Å². The molecule has 0 aliphatic carbocycles. The Hall–Kier alpha value is -0.980. The Labute approximate surface area is 107 Å². The SMILES string of the molecule is Cc1ccc(F)c(S(=O)(=O)NC2CCNCC2)c1. The zero-order valence-electron chi connectivity index (χ0n) is 10.2. The van der Waals surface area contributed by atoms with E-state index in [1.807, 2.05) is 0 Å². The van der Waals surface area contributed by atoms with Crippen molar-refractivity contribution in [1.29, 1.82) is 0 Å². The molecule has 1 heterocycles. The number of rotatable bonds is 3. The van der Waals surface area contributed by atoms with Gasteiger partial charge in [0.2, 0.25) is 10.0 Å². The van der Waals surface area contributed by atoms with Gasteiger partial charge in [0, 0.05) is 6.04 Å². The van der Waals surface area contributed by atoms with E-state index in [1.165, 1.54) is 12.1 Å². The summed E-state index contributed by atoms with van der Waals surface area (Å²) in [4.78, 5) is -0.263. The van der Waals surface area contributed by atoms with Gasteiger partial charge in [-0.05, 0) is 50.6 Å². The summed E-state index contributed by atoms with van der Waals surface area (Å²) in [5, 5.41) is 3.15. The van der Waals surface area contributed by atoms with E-state index in [0.717, 1.165) is 31.5 Å². The molecule has 0 unspecified atom stereocenters. The first-order valence-electron chi connectivity index (χ1n) is 5.98. The standard InChI is InChI=1S/C12H17FN2O2S/c1-9-2-3-11(13)12(8-9)18(16,17)15-10-4-6-14-7-5-10/h2-3,8,10,14-15H,4-7H2,1H3. The smallest absolute Gasteiger partial charge is 0.243 e. The molecule has 0 saturated carbocycles. The third-order valence-corrected chi connectivity index (χ3v) is 4.57. The lowest BCUT2D eigenvalue weighted by molar-refractivity contribution is 0.426. The lowest BCUT2D eigenvalue weighted by Gasteiger charge is -2.23. The summed E-state index contributed by atoms with van der Waals surface area (Å²) in [7, 11) is -3.77. The van der Waals surface area contributed by atoms with Crippen LogP contribution in [0.4, 0.5) is 4.39 Å². The Kier molecular flexibility index (Phi) is 3.99. The monoisotopic (exact) mass is 272 g/mol. The van der Waals surface area contributed by atoms with E-state index in [4.69, 9.17) is 0 Å². The Morgan fingerprint density at radius 3 is 2.67 bits per heavy atom. The van der Waals surface area contributed by atoms with Gasteiger partial charge in [-0.3, -0.25) is 0 Å². The van der Waals surface area contributed by atoms with Gasteiger partial charge in [0.05, 0.1) is 0 Å². The minimum atomic E-state index is -3.77. The first kappa shape index (κ1) is 13.5. The van der Waals surface area contributed by atoms with Crippen molar-refractivity contribution in [3.05, 3.63) is 29.6 Å². The third-order valence-electron chi connectivity index (χ3n) is 3.04. The third kappa shape index (κ3) is 3.07. The van der Waals surface area contributed by atoms with Crippen molar-refractivity contribution < 1.29 is 12.8 Å². The molecule has 1 aliphatic rings. The Bertz CT molecular complexity index is 525. The quantitative estimate of drug-likeness (QED) is 0.868. The molecule has 1 aromatic rings. The molecule has 0 bridgehead atoms. The average Bonchev–Trinajstić information content (AvgIpc) is 2.33. The Morgan fingerprint density at radius 2 is 2.00 bits per heavy atom. The van der Waals surface area contributed by atoms with Crippen molar-refractivity contribution in [3.8, 4) is 0 Å². The summed E-state index contributed by atoms with van der Waals surface area (Å²) in [5.41, 5.74) is 0.724. The lowest BCUT2D eigenvalue weighted by atomic mass is 10.1. The average molecular weight is 272 g/mol. The summed E-state index contributed by atoms with van der Waals surface area (Å²) < 4.78 is 40.4. The molecule has 1 saturated heterocycles. The van der Waals surface area contributed by atoms with E-state index in [0.29, 0.717) is 0 Å². The van der Waals surface area contributed by atoms with E-state index in [-0.39, 0.29) is 10.9 Å². The van der Waals surface area contributed by atoms with Crippen molar-refractivity contribution in [2.75, 3.05) is 13.1 Å². The fourth-order valence-corrected chi connectivity index (χ4v) is 3.51. The molecule has 1 fully saturated rings. The van der Waals surface area contributed by atoms with Gasteiger partial charge in [-0.15, -0.1) is 0 Å². The number of hydrogen-bond donors (Lipinski definition) is 2. The second-order valence-electron chi connectivity index (χ2n) is 4.58. The van der Waals surface area contributed by atoms with Gasteiger partial charge in [0.15, 0.2) is 0 Å². The molecule has 2 rings (SSSR count). The molecule has 0 spiro atoms. The number of sulfonamides is 1. The zero-order chi connectivity index (χ0) is 13.2. The van der Waals surface area contributed by atoms with Gasteiger partial charge in [0.1, 0.15) is 10.7 Å². The highest BCUT2D eigenvalue weighted by Gasteiger charge is 2.24. The molecule has 0 aromatic heterocycles. The Morgan fingerprint density at radius 1 is 1.33 bits per heavy atom. The highest BCUT2D eigenvalue weighted by Crippen LogP contribution is 2.17. The molecule has 2 N–H and O–H groups in total. The van der Waals surface area contributed by atoms with Crippen molar-refractivity contribution in [1.82, 2.24) is 10.0 Å². The topological polar surface area (TPSA) is 58.2 Å². The second kappa shape index (κ2) is 5.34. The maximum atomic E-state index is 13.6. The van der Waals surface area contributed by atoms with Crippen molar-refractivity contribution in [2.24, 2.45) is 0 Å². The minimum Gasteiger partial charge on any atom is -0.317 e. The second-order valence-corrected chi connectivity index (χ2v) is 6.26. The van der Waals surface area contributed by atoms with Crippen LogP contribution >= 0.6 is 0 Å². The summed E-state index contributed by atoms with van der Waals surface area (Å²) in [6.45, 7) is 3.30. The lowest BCUT2D eigenvalue weighted by Crippen LogP contribution is -2.42. The molecular formula is C12H17FN2O2S. The largest absolute Gasteiger partial charge is 0.317 e. The highest BCUT2D eigenvalue weighted by atomic mass is 32.2. The van der Waals surface area contributed by atoms with Crippen molar-refractivity contribution in [2.45, 2.75) is 30.7 Å². The molecular weight excluding hydrogens is 255 g/mol. The van der Waals surface area contributed by atoms with Crippen molar-refractivity contribution >= 4 is 10.0 Å². The molecule has 18 heavy (non-hydrogen) atoms. The first-order valence-corrected chi connectivity index (χ1v) is 7.46. The normalized spacial score (nSPS) is 17.9. The fourth-order valence-electron chi connectivity index (χ4n) is 2.04. The minimum absolute atomic E-state index is 0.115. The van der Waals surface area contributed by atoms with Gasteiger partial charge >= 0.3 is 0 Å². The maximum Gasteiger partial charge on any atom is 0.243 e. The molecule has 0 amide bonds. The van der Waals surface area contributed by atoms with Crippen LogP contribution in [0.15, 0.2) is 23.1 Å². The van der Waals surface area contributed by atoms with Crippen LogP contribution in [0.5, 0.6) is 0 Å². The summed E-state index contributed by atoms with van der Waals surface area (Å²) in [6, 6.07) is 3.99. The zero-order valence-corrected chi connectivity index (χ0v) is 11.1. The van der Waals surface area contributed by atoms with E-state index in [9.17, 15) is 12.8 Å². The predicted octanol–water partition coefficient (Wildman–Crippen LogP) is 1.16. The number of halogens is 1. The molecule has 0 atom stereocenters. The number of piperidine rings is 1. The summed E-state index contributed by atoms with van der Waals surface area (Å²) >= 11 is 0. The number of hydrogen-bond acceptors (Lipinski definition) is 3. The van der Waals surface area contributed by atoms with Crippen LogP contribution in [0.3, 0.4) is 0 Å². The molecule has 1 aromatic carbocycles. The maximum absolute atomic E-state index is 13.6. The Balaban J connectivity index is 2.21. The molecule has 6 heteroatoms. The van der Waals surface area contributed by atoms with Gasteiger partial charge < -0.3 is 5.32 Å². The van der Waals surface area contributed by atoms with Crippen LogP contribution in [0.25, 0.3) is 0 Å². The van der Waals surface area contributed by atoms with Gasteiger partial charge in [0.25, 0.3) is 0 Å². The van der Waals surface area contributed by atoms with Gasteiger partial charge in [-0.1, -0.05) is 6.07 Å². The van der Waals surface area contributed by atoms with Crippen LogP contribution in [0, 0.1) is 12.7 Å². The molecule has 4 nitrogen and oxygen atoms in total. The van der Waals surface area contributed by atoms with E-state index < -0.39 is 15.8 Å². The molecule has 0 radical (unpaired) electrons. The van der Waals surface area contributed by atoms with Crippen LogP contribution in [0.1, 0.15) is 18.4 Å². The first-order chi connectivity index (χ1) is 8.49. The fraction of sp³-hybridized carbons (Fsp3) is 0.500. The summed E-state index contributed by atoms with van der Waals surface area (Å²) in [6.07, 6.45) is 1.46. The van der Waals surface area contributed by atoms with Crippen LogP contribution in [0.2, 0.25) is 0 Å². The predicted molar refractivity (Wildman–Crippen MR) is 67.4 cm³/mol. The van der Waals surface area contributed by atoms with Crippen LogP contribution in [-0.4, -0.2) is 27.5 Å². The highest BCUT2D eigenvalue weighted by molar-refractivity contribution is 7.89. The number of nitrogens with one attached hydrogen (secondary N) is 2. The van der Waals surface area contributed by atoms with Crippen LogP contribution in [-0.2, 0) is 10.0 Å². The molecule has 100 valence electrons. The van der Waals surface area contributed by atoms with E-state index >= 15 is 0 Å². The van der Waals surface area contributed by atoms with Crippen LogP contribution < -0.4 is 10.0 Å². The summed E-state index contributed by atoms with van der Waals surface area (Å²) in [5.74, 6) is -0.706. The molecule has 1 aliphatic heterocycles. The van der Waals surface area contributed by atoms with E-state index in [2.05, 4.69) is 10.0 Å². The van der Waals surface area contributed by atoms with Gasteiger partial charge in [-0.2, -0.15) is 0 Å². The number of aryl methyl sites for hydroxylation is 1. The number of benzene rings is 1.